The molecule has 146 valence electrons. The van der Waals surface area contributed by atoms with Crippen molar-refractivity contribution in [1.29, 1.82) is 0 Å². The molecule has 0 bridgehead atoms. The van der Waals surface area contributed by atoms with Crippen molar-refractivity contribution in [2.75, 3.05) is 25.0 Å². The zero-order valence-corrected chi connectivity index (χ0v) is 16.6. The van der Waals surface area contributed by atoms with Crippen molar-refractivity contribution in [3.8, 4) is 0 Å². The van der Waals surface area contributed by atoms with Gasteiger partial charge in [0.25, 0.3) is 5.91 Å². The summed E-state index contributed by atoms with van der Waals surface area (Å²) in [5, 5.41) is 8.44. The van der Waals surface area contributed by atoms with E-state index in [-0.39, 0.29) is 5.91 Å². The fourth-order valence-corrected chi connectivity index (χ4v) is 3.88. The fraction of sp³-hybridized carbons (Fsp3) is 0.400. The van der Waals surface area contributed by atoms with E-state index in [1.54, 1.807) is 18.3 Å². The first kappa shape index (κ1) is 18.8. The number of carbonyl (C=O) groups is 1. The molecule has 0 atom stereocenters. The minimum Gasteiger partial charge on any atom is -0.306 e. The van der Waals surface area contributed by atoms with E-state index in [0.717, 1.165) is 42.8 Å². The maximum absolute atomic E-state index is 12.6. The molecule has 1 aliphatic heterocycles. The molecule has 3 aromatic rings. The lowest BCUT2D eigenvalue weighted by atomic mass is 10.1. The van der Waals surface area contributed by atoms with Crippen LogP contribution in [0, 0.1) is 6.92 Å². The van der Waals surface area contributed by atoms with E-state index in [1.807, 2.05) is 17.7 Å². The van der Waals surface area contributed by atoms with Crippen LogP contribution < -0.4 is 5.32 Å². The van der Waals surface area contributed by atoms with Crippen LogP contribution >= 0.6 is 11.6 Å². The number of likely N-dealkylation sites (tertiary alicyclic amines) is 1. The monoisotopic (exact) mass is 398 g/mol. The molecule has 1 aromatic carbocycles. The molecule has 1 N–H and O–H groups in total. The van der Waals surface area contributed by atoms with E-state index in [4.69, 9.17) is 11.6 Å². The van der Waals surface area contributed by atoms with Crippen molar-refractivity contribution in [3.05, 3.63) is 46.9 Å². The smallest absolute Gasteiger partial charge is 0.258 e. The van der Waals surface area contributed by atoms with Gasteiger partial charge in [0.05, 0.1) is 28.7 Å². The Morgan fingerprint density at radius 3 is 2.79 bits per heavy atom. The number of halogens is 1. The number of hydrogen-bond acceptors (Lipinski definition) is 5. The lowest BCUT2D eigenvalue weighted by Crippen LogP contribution is -2.32. The van der Waals surface area contributed by atoms with E-state index < -0.39 is 0 Å². The number of carbonyl (C=O) groups excluding carboxylic acids is 1. The van der Waals surface area contributed by atoms with E-state index in [2.05, 4.69) is 25.3 Å². The second-order valence-electron chi connectivity index (χ2n) is 7.17. The molecule has 0 radical (unpaired) electrons. The summed E-state index contributed by atoms with van der Waals surface area (Å²) < 4.78 is 1.88. The van der Waals surface area contributed by atoms with Crippen LogP contribution in [-0.2, 0) is 6.54 Å². The first-order valence-electron chi connectivity index (χ1n) is 9.58. The molecule has 3 heterocycles. The number of aryl methyl sites for hydroxylation is 1. The summed E-state index contributed by atoms with van der Waals surface area (Å²) in [7, 11) is 0. The molecule has 0 aliphatic carbocycles. The molecule has 2 aromatic heterocycles. The maximum Gasteiger partial charge on any atom is 0.258 e. The summed E-state index contributed by atoms with van der Waals surface area (Å²) in [6, 6.07) is 5.34. The number of nitrogens with zero attached hydrogens (tertiary/aromatic N) is 5. The van der Waals surface area contributed by atoms with Crippen LogP contribution in [0.15, 0.2) is 30.7 Å². The van der Waals surface area contributed by atoms with Gasteiger partial charge in [-0.15, -0.1) is 0 Å². The van der Waals surface area contributed by atoms with Crippen molar-refractivity contribution in [3.63, 3.8) is 0 Å². The highest BCUT2D eigenvalue weighted by Crippen LogP contribution is 2.22. The topological polar surface area (TPSA) is 75.9 Å². The molecule has 1 fully saturated rings. The number of piperidine rings is 1. The molecule has 1 saturated heterocycles. The molecule has 8 heteroatoms. The molecule has 0 spiro atoms. The van der Waals surface area contributed by atoms with Gasteiger partial charge in [0.15, 0.2) is 5.65 Å². The molecular formula is C20H23ClN6O. The van der Waals surface area contributed by atoms with Gasteiger partial charge in [-0.2, -0.15) is 5.10 Å². The largest absolute Gasteiger partial charge is 0.306 e. The maximum atomic E-state index is 12.6. The molecule has 7 nitrogen and oxygen atoms in total. The summed E-state index contributed by atoms with van der Waals surface area (Å²) in [6.07, 6.45) is 7.01. The van der Waals surface area contributed by atoms with Gasteiger partial charge >= 0.3 is 0 Å². The summed E-state index contributed by atoms with van der Waals surface area (Å²) >= 11 is 6.21. The summed E-state index contributed by atoms with van der Waals surface area (Å²) in [5.41, 5.74) is 2.13. The van der Waals surface area contributed by atoms with E-state index in [0.29, 0.717) is 16.4 Å². The van der Waals surface area contributed by atoms with Crippen molar-refractivity contribution in [2.24, 2.45) is 0 Å². The second-order valence-corrected chi connectivity index (χ2v) is 7.57. The molecular weight excluding hydrogens is 376 g/mol. The van der Waals surface area contributed by atoms with Crippen LogP contribution in [0.1, 0.15) is 35.2 Å². The average molecular weight is 399 g/mol. The summed E-state index contributed by atoms with van der Waals surface area (Å²) in [4.78, 5) is 23.7. The Bertz CT molecular complexity index is 996. The van der Waals surface area contributed by atoms with Crippen LogP contribution in [0.5, 0.6) is 0 Å². The lowest BCUT2D eigenvalue weighted by Gasteiger charge is -2.26. The number of nitrogens with one attached hydrogen (secondary N) is 1. The Labute approximate surface area is 168 Å². The van der Waals surface area contributed by atoms with Gasteiger partial charge in [0.2, 0.25) is 0 Å². The average Bonchev–Trinajstić information content (AvgIpc) is 3.11. The van der Waals surface area contributed by atoms with Crippen LogP contribution in [0.4, 0.5) is 5.82 Å². The Balaban J connectivity index is 1.52. The standard InChI is InChI=1S/C20H23ClN6O/c1-14-5-6-15(17(21)11-14)20(28)25-18-16-12-24-27(19(16)23-13-22-18)10-9-26-7-3-2-4-8-26/h5-6,11-13H,2-4,7-10H2,1H3,(H,22,23,25,28). The van der Waals surface area contributed by atoms with Gasteiger partial charge in [0.1, 0.15) is 12.1 Å². The Morgan fingerprint density at radius 2 is 2.00 bits per heavy atom. The number of fused-ring (bicyclic) bond motifs is 1. The highest BCUT2D eigenvalue weighted by atomic mass is 35.5. The van der Waals surface area contributed by atoms with E-state index in [9.17, 15) is 4.79 Å². The van der Waals surface area contributed by atoms with Gasteiger partial charge < -0.3 is 10.2 Å². The van der Waals surface area contributed by atoms with Gasteiger partial charge in [0, 0.05) is 6.54 Å². The highest BCUT2D eigenvalue weighted by molar-refractivity contribution is 6.34. The van der Waals surface area contributed by atoms with Gasteiger partial charge in [-0.25, -0.2) is 14.6 Å². The molecule has 4 rings (SSSR count). The van der Waals surface area contributed by atoms with Crippen LogP contribution in [-0.4, -0.2) is 50.2 Å². The number of benzene rings is 1. The predicted molar refractivity (Wildman–Crippen MR) is 110 cm³/mol. The van der Waals surface area contributed by atoms with E-state index in [1.165, 1.54) is 25.6 Å². The van der Waals surface area contributed by atoms with Gasteiger partial charge in [-0.1, -0.05) is 24.1 Å². The quantitative estimate of drug-likeness (QED) is 0.711. The molecule has 1 aliphatic rings. The third-order valence-electron chi connectivity index (χ3n) is 5.11. The molecule has 0 saturated carbocycles. The van der Waals surface area contributed by atoms with E-state index >= 15 is 0 Å². The number of rotatable bonds is 5. The minimum absolute atomic E-state index is 0.300. The zero-order chi connectivity index (χ0) is 19.5. The van der Waals surface area contributed by atoms with Crippen molar-refractivity contribution < 1.29 is 4.79 Å². The Morgan fingerprint density at radius 1 is 1.18 bits per heavy atom. The molecule has 28 heavy (non-hydrogen) atoms. The van der Waals surface area contributed by atoms with Crippen molar-refractivity contribution in [1.82, 2.24) is 24.6 Å². The first-order chi connectivity index (χ1) is 13.6. The predicted octanol–water partition coefficient (Wildman–Crippen LogP) is 3.53. The molecule has 0 unspecified atom stereocenters. The number of aromatic nitrogens is 4. The van der Waals surface area contributed by atoms with Gasteiger partial charge in [-0.3, -0.25) is 4.79 Å². The number of amides is 1. The zero-order valence-electron chi connectivity index (χ0n) is 15.9. The van der Waals surface area contributed by atoms with Gasteiger partial charge in [-0.05, 0) is 50.6 Å². The summed E-state index contributed by atoms with van der Waals surface area (Å²) in [6.45, 7) is 5.93. The summed E-state index contributed by atoms with van der Waals surface area (Å²) in [5.74, 6) is 0.141. The Hall–Kier alpha value is -2.51. The van der Waals surface area contributed by atoms with Crippen LogP contribution in [0.25, 0.3) is 11.0 Å². The SMILES string of the molecule is Cc1ccc(C(=O)Nc2ncnc3c2cnn3CCN2CCCCC2)c(Cl)c1. The number of anilines is 1. The van der Waals surface area contributed by atoms with Crippen molar-refractivity contribution >= 4 is 34.4 Å². The minimum atomic E-state index is -0.300. The van der Waals surface area contributed by atoms with Crippen molar-refractivity contribution in [2.45, 2.75) is 32.7 Å². The van der Waals surface area contributed by atoms with Crippen LogP contribution in [0.3, 0.4) is 0 Å². The lowest BCUT2D eigenvalue weighted by molar-refractivity contribution is 0.102. The fourth-order valence-electron chi connectivity index (χ4n) is 3.55. The Kier molecular flexibility index (Phi) is 5.54. The number of hydrogen-bond donors (Lipinski definition) is 1. The highest BCUT2D eigenvalue weighted by Gasteiger charge is 2.16. The third-order valence-corrected chi connectivity index (χ3v) is 5.42. The van der Waals surface area contributed by atoms with Crippen LogP contribution in [0.2, 0.25) is 5.02 Å². The first-order valence-corrected chi connectivity index (χ1v) is 9.96. The normalized spacial score (nSPS) is 15.1. The molecule has 1 amide bonds. The second kappa shape index (κ2) is 8.24. The third kappa shape index (κ3) is 4.00.